The Labute approximate surface area is 93.8 Å². The lowest BCUT2D eigenvalue weighted by Gasteiger charge is -2.03. The number of carboxylic acids is 1. The molecule has 0 saturated heterocycles. The van der Waals surface area contributed by atoms with Crippen LogP contribution in [0.1, 0.15) is 12.0 Å². The minimum Gasteiger partial charge on any atom is -0.481 e. The van der Waals surface area contributed by atoms with Gasteiger partial charge in [0.05, 0.1) is 17.1 Å². The fourth-order valence-electron chi connectivity index (χ4n) is 1.17. The molecule has 88 valence electrons. The average Bonchev–Trinajstić information content (AvgIpc) is 2.27. The van der Waals surface area contributed by atoms with Crippen LogP contribution < -0.4 is 5.73 Å². The summed E-state index contributed by atoms with van der Waals surface area (Å²) in [6.45, 7) is 0.343. The molecule has 0 radical (unpaired) electrons. The van der Waals surface area contributed by atoms with E-state index in [0.29, 0.717) is 6.54 Å². The number of hydrogen-bond acceptors (Lipinski definition) is 4. The molecule has 0 amide bonds. The van der Waals surface area contributed by atoms with Crippen molar-refractivity contribution in [3.8, 4) is 0 Å². The van der Waals surface area contributed by atoms with Gasteiger partial charge in [0.2, 0.25) is 0 Å². The van der Waals surface area contributed by atoms with Gasteiger partial charge in [-0.2, -0.15) is 0 Å². The van der Waals surface area contributed by atoms with Crippen LogP contribution in [0.3, 0.4) is 0 Å². The van der Waals surface area contributed by atoms with Crippen LogP contribution in [-0.2, 0) is 21.2 Å². The summed E-state index contributed by atoms with van der Waals surface area (Å²) >= 11 is 0. The van der Waals surface area contributed by atoms with Crippen molar-refractivity contribution in [2.45, 2.75) is 17.9 Å². The van der Waals surface area contributed by atoms with E-state index in [2.05, 4.69) is 0 Å². The first-order valence-electron chi connectivity index (χ1n) is 4.69. The smallest absolute Gasteiger partial charge is 0.304 e. The van der Waals surface area contributed by atoms with Crippen LogP contribution in [0.15, 0.2) is 29.2 Å². The Kier molecular flexibility index (Phi) is 4.03. The van der Waals surface area contributed by atoms with Crippen LogP contribution in [0, 0.1) is 0 Å². The number of carbonyl (C=O) groups is 1. The summed E-state index contributed by atoms with van der Waals surface area (Å²) in [6, 6.07) is 6.13. The monoisotopic (exact) mass is 243 g/mol. The van der Waals surface area contributed by atoms with Crippen LogP contribution in [0.25, 0.3) is 0 Å². The molecule has 0 aromatic heterocycles. The predicted molar refractivity (Wildman–Crippen MR) is 58.6 cm³/mol. The molecule has 3 N–H and O–H groups in total. The Hall–Kier alpha value is -1.40. The lowest BCUT2D eigenvalue weighted by atomic mass is 10.2. The number of sulfone groups is 1. The van der Waals surface area contributed by atoms with Crippen LogP contribution in [0.5, 0.6) is 0 Å². The molecule has 0 aliphatic heterocycles. The highest BCUT2D eigenvalue weighted by Gasteiger charge is 2.15. The molecule has 0 unspecified atom stereocenters. The summed E-state index contributed by atoms with van der Waals surface area (Å²) < 4.78 is 23.3. The first-order chi connectivity index (χ1) is 7.45. The highest BCUT2D eigenvalue weighted by atomic mass is 32.2. The minimum absolute atomic E-state index is 0.131. The van der Waals surface area contributed by atoms with E-state index >= 15 is 0 Å². The Morgan fingerprint density at radius 2 is 1.81 bits per heavy atom. The minimum atomic E-state index is -3.50. The summed E-state index contributed by atoms with van der Waals surface area (Å²) in [4.78, 5) is 10.4. The van der Waals surface area contributed by atoms with E-state index in [-0.39, 0.29) is 17.1 Å². The highest BCUT2D eigenvalue weighted by Crippen LogP contribution is 2.13. The molecule has 1 aromatic carbocycles. The standard InChI is InChI=1S/C10H13NO4S/c11-7-8-1-3-9(4-2-8)16(14,15)6-5-10(12)13/h1-4H,5-7,11H2,(H,12,13). The van der Waals surface area contributed by atoms with Gasteiger partial charge >= 0.3 is 5.97 Å². The van der Waals surface area contributed by atoms with Crippen LogP contribution in [-0.4, -0.2) is 25.2 Å². The quantitative estimate of drug-likeness (QED) is 0.779. The van der Waals surface area contributed by atoms with Gasteiger partial charge in [-0.3, -0.25) is 4.79 Å². The second kappa shape index (κ2) is 5.09. The van der Waals surface area contributed by atoms with E-state index in [9.17, 15) is 13.2 Å². The third-order valence-corrected chi connectivity index (χ3v) is 3.83. The second-order valence-corrected chi connectivity index (χ2v) is 5.42. The van der Waals surface area contributed by atoms with Crippen molar-refractivity contribution in [3.63, 3.8) is 0 Å². The molecule has 0 saturated carbocycles. The lowest BCUT2D eigenvalue weighted by molar-refractivity contribution is -0.136. The van der Waals surface area contributed by atoms with E-state index in [1.807, 2.05) is 0 Å². The molecule has 5 nitrogen and oxygen atoms in total. The maximum absolute atomic E-state index is 11.6. The second-order valence-electron chi connectivity index (χ2n) is 3.31. The van der Waals surface area contributed by atoms with Gasteiger partial charge in [-0.15, -0.1) is 0 Å². The van der Waals surface area contributed by atoms with Crippen molar-refractivity contribution in [1.29, 1.82) is 0 Å². The molecule has 1 rings (SSSR count). The van der Waals surface area contributed by atoms with E-state index in [0.717, 1.165) is 5.56 Å². The molecule has 0 bridgehead atoms. The van der Waals surface area contributed by atoms with E-state index in [1.165, 1.54) is 12.1 Å². The van der Waals surface area contributed by atoms with Gasteiger partial charge in [0.25, 0.3) is 0 Å². The van der Waals surface area contributed by atoms with E-state index in [4.69, 9.17) is 10.8 Å². The maximum atomic E-state index is 11.6. The number of nitrogens with two attached hydrogens (primary N) is 1. The van der Waals surface area contributed by atoms with Crippen molar-refractivity contribution in [2.75, 3.05) is 5.75 Å². The first-order valence-corrected chi connectivity index (χ1v) is 6.34. The van der Waals surface area contributed by atoms with Crippen LogP contribution in [0.4, 0.5) is 0 Å². The molecule has 1 aromatic rings. The van der Waals surface area contributed by atoms with Crippen LogP contribution >= 0.6 is 0 Å². The number of hydrogen-bond donors (Lipinski definition) is 2. The molecule has 16 heavy (non-hydrogen) atoms. The van der Waals surface area contributed by atoms with Crippen LogP contribution in [0.2, 0.25) is 0 Å². The molecular formula is C10H13NO4S. The zero-order chi connectivity index (χ0) is 12.2. The number of carboxylic acid groups (broad SMARTS) is 1. The molecular weight excluding hydrogens is 230 g/mol. The third kappa shape index (κ3) is 3.32. The first kappa shape index (κ1) is 12.7. The third-order valence-electron chi connectivity index (χ3n) is 2.10. The number of benzene rings is 1. The highest BCUT2D eigenvalue weighted by molar-refractivity contribution is 7.91. The zero-order valence-corrected chi connectivity index (χ0v) is 9.40. The molecule has 0 fully saturated rings. The Balaban J connectivity index is 2.85. The fraction of sp³-hybridized carbons (Fsp3) is 0.300. The van der Waals surface area contributed by atoms with Gasteiger partial charge in [-0.25, -0.2) is 8.42 Å². The largest absolute Gasteiger partial charge is 0.481 e. The van der Waals surface area contributed by atoms with Gasteiger partial charge in [0, 0.05) is 6.54 Å². The number of aliphatic carboxylic acids is 1. The Bertz CT molecular complexity index is 464. The zero-order valence-electron chi connectivity index (χ0n) is 8.59. The van der Waals surface area contributed by atoms with Crippen molar-refractivity contribution >= 4 is 15.8 Å². The number of rotatable bonds is 5. The molecule has 0 atom stereocenters. The van der Waals surface area contributed by atoms with E-state index in [1.54, 1.807) is 12.1 Å². The van der Waals surface area contributed by atoms with Gasteiger partial charge in [0.15, 0.2) is 9.84 Å². The van der Waals surface area contributed by atoms with E-state index < -0.39 is 15.8 Å². The molecule has 0 spiro atoms. The average molecular weight is 243 g/mol. The van der Waals surface area contributed by atoms with Gasteiger partial charge in [-0.05, 0) is 17.7 Å². The molecule has 0 heterocycles. The van der Waals surface area contributed by atoms with Gasteiger partial charge < -0.3 is 10.8 Å². The van der Waals surface area contributed by atoms with Crippen molar-refractivity contribution < 1.29 is 18.3 Å². The summed E-state index contributed by atoms with van der Waals surface area (Å²) in [5.41, 5.74) is 6.21. The molecule has 0 aliphatic rings. The summed E-state index contributed by atoms with van der Waals surface area (Å²) in [5, 5.41) is 8.42. The topological polar surface area (TPSA) is 97.5 Å². The molecule has 6 heteroatoms. The summed E-state index contributed by atoms with van der Waals surface area (Å²) in [5.74, 6) is -1.51. The SMILES string of the molecule is NCc1ccc(S(=O)(=O)CCC(=O)O)cc1. The van der Waals surface area contributed by atoms with Gasteiger partial charge in [-0.1, -0.05) is 12.1 Å². The lowest BCUT2D eigenvalue weighted by Crippen LogP contribution is -2.11. The fourth-order valence-corrected chi connectivity index (χ4v) is 2.40. The Morgan fingerprint density at radius 1 is 1.25 bits per heavy atom. The Morgan fingerprint density at radius 3 is 2.25 bits per heavy atom. The summed E-state index contributed by atoms with van der Waals surface area (Å²) in [6.07, 6.45) is -0.388. The van der Waals surface area contributed by atoms with Gasteiger partial charge in [0.1, 0.15) is 0 Å². The normalized spacial score (nSPS) is 11.3. The molecule has 0 aliphatic carbocycles. The van der Waals surface area contributed by atoms with Crippen molar-refractivity contribution in [1.82, 2.24) is 0 Å². The summed E-state index contributed by atoms with van der Waals surface area (Å²) in [7, 11) is -3.50. The van der Waals surface area contributed by atoms with Crippen molar-refractivity contribution in [3.05, 3.63) is 29.8 Å². The maximum Gasteiger partial charge on any atom is 0.304 e. The van der Waals surface area contributed by atoms with Crippen molar-refractivity contribution in [2.24, 2.45) is 5.73 Å². The predicted octanol–water partition coefficient (Wildman–Crippen LogP) is 0.394.